The molecule has 132 valence electrons. The van der Waals surface area contributed by atoms with Crippen molar-refractivity contribution in [1.29, 1.82) is 0 Å². The van der Waals surface area contributed by atoms with Crippen LogP contribution in [-0.2, 0) is 21.2 Å². The van der Waals surface area contributed by atoms with Gasteiger partial charge in [-0.05, 0) is 56.0 Å². The molecule has 2 N–H and O–H groups in total. The second kappa shape index (κ2) is 6.98. The van der Waals surface area contributed by atoms with Crippen molar-refractivity contribution in [2.24, 2.45) is 0 Å². The van der Waals surface area contributed by atoms with Gasteiger partial charge in [-0.25, -0.2) is 13.1 Å². The molecule has 1 aliphatic rings. The molecular weight excluding hydrogens is 336 g/mol. The van der Waals surface area contributed by atoms with Gasteiger partial charge in [0.2, 0.25) is 15.9 Å². The van der Waals surface area contributed by atoms with Crippen molar-refractivity contribution in [2.45, 2.75) is 43.5 Å². The summed E-state index contributed by atoms with van der Waals surface area (Å²) in [7, 11) is -3.62. The molecule has 1 amide bonds. The largest absolute Gasteiger partial charge is 0.325 e. The molecule has 6 heteroatoms. The molecule has 1 heterocycles. The first-order valence-corrected chi connectivity index (χ1v) is 9.86. The van der Waals surface area contributed by atoms with E-state index in [1.165, 1.54) is 11.6 Å². The van der Waals surface area contributed by atoms with Crippen LogP contribution in [0.15, 0.2) is 53.4 Å². The lowest BCUT2D eigenvalue weighted by Gasteiger charge is -2.15. The van der Waals surface area contributed by atoms with E-state index < -0.39 is 10.0 Å². The number of rotatable bonds is 6. The fourth-order valence-corrected chi connectivity index (χ4v) is 4.29. The molecule has 2 aromatic carbocycles. The monoisotopic (exact) mass is 358 g/mol. The lowest BCUT2D eigenvalue weighted by atomic mass is 10.0. The van der Waals surface area contributed by atoms with Gasteiger partial charge >= 0.3 is 0 Å². The molecule has 0 fully saturated rings. The van der Waals surface area contributed by atoms with Crippen LogP contribution in [0.2, 0.25) is 0 Å². The number of carbonyl (C=O) groups is 1. The van der Waals surface area contributed by atoms with Gasteiger partial charge in [0.05, 0.1) is 10.8 Å². The fraction of sp³-hybridized carbons (Fsp3) is 0.316. The molecule has 0 radical (unpaired) electrons. The van der Waals surface area contributed by atoms with Gasteiger partial charge in [0.1, 0.15) is 0 Å². The van der Waals surface area contributed by atoms with Gasteiger partial charge in [0, 0.05) is 11.7 Å². The van der Waals surface area contributed by atoms with E-state index in [2.05, 4.69) is 10.0 Å². The number of benzene rings is 2. The van der Waals surface area contributed by atoms with Gasteiger partial charge in [-0.3, -0.25) is 4.79 Å². The number of hydrogen-bond donors (Lipinski definition) is 2. The van der Waals surface area contributed by atoms with Crippen LogP contribution in [0.5, 0.6) is 0 Å². The molecule has 5 nitrogen and oxygen atoms in total. The van der Waals surface area contributed by atoms with E-state index in [0.717, 1.165) is 12.0 Å². The van der Waals surface area contributed by atoms with Crippen LogP contribution in [0, 0.1) is 0 Å². The normalized spacial score (nSPS) is 17.8. The van der Waals surface area contributed by atoms with Crippen LogP contribution in [0.25, 0.3) is 0 Å². The maximum Gasteiger partial charge on any atom is 0.240 e. The Morgan fingerprint density at radius 3 is 2.60 bits per heavy atom. The van der Waals surface area contributed by atoms with Crippen LogP contribution in [-0.4, -0.2) is 20.4 Å². The number of nitrogens with one attached hydrogen (secondary N) is 2. The van der Waals surface area contributed by atoms with Crippen molar-refractivity contribution in [3.63, 3.8) is 0 Å². The van der Waals surface area contributed by atoms with E-state index in [4.69, 9.17) is 0 Å². The Morgan fingerprint density at radius 2 is 1.88 bits per heavy atom. The van der Waals surface area contributed by atoms with Crippen molar-refractivity contribution in [3.05, 3.63) is 59.7 Å². The predicted molar refractivity (Wildman–Crippen MR) is 98.0 cm³/mol. The Labute approximate surface area is 148 Å². The summed E-state index contributed by atoms with van der Waals surface area (Å²) in [5, 5.41) is 2.75. The highest BCUT2D eigenvalue weighted by atomic mass is 32.2. The van der Waals surface area contributed by atoms with Crippen LogP contribution < -0.4 is 10.0 Å². The predicted octanol–water partition coefficient (Wildman–Crippen LogP) is 3.04. The smallest absolute Gasteiger partial charge is 0.240 e. The van der Waals surface area contributed by atoms with Crippen molar-refractivity contribution < 1.29 is 13.2 Å². The average Bonchev–Trinajstić information content (AvgIpc) is 2.88. The SMILES string of the molecule is C[C@@H](CCc1ccccc1)NS(=O)(=O)c1ccc2c(c1)[C@@H](C)C(=O)N2. The van der Waals surface area contributed by atoms with Gasteiger partial charge in [-0.2, -0.15) is 0 Å². The van der Waals surface area contributed by atoms with Gasteiger partial charge in [0.15, 0.2) is 0 Å². The highest BCUT2D eigenvalue weighted by Crippen LogP contribution is 2.33. The molecule has 0 aliphatic carbocycles. The maximum absolute atomic E-state index is 12.6. The number of anilines is 1. The minimum Gasteiger partial charge on any atom is -0.325 e. The average molecular weight is 358 g/mol. The molecule has 0 spiro atoms. The standard InChI is InChI=1S/C19H22N2O3S/c1-13(8-9-15-6-4-3-5-7-15)21-25(23,24)16-10-11-18-17(12-16)14(2)19(22)20-18/h3-7,10-14,21H,8-9H2,1-2H3,(H,20,22)/t13-,14+/m0/s1. The molecule has 0 saturated heterocycles. The van der Waals surface area contributed by atoms with Crippen molar-refractivity contribution in [3.8, 4) is 0 Å². The number of amides is 1. The van der Waals surface area contributed by atoms with E-state index in [-0.39, 0.29) is 22.8 Å². The zero-order valence-electron chi connectivity index (χ0n) is 14.3. The van der Waals surface area contributed by atoms with Crippen LogP contribution >= 0.6 is 0 Å². The Balaban J connectivity index is 1.69. The van der Waals surface area contributed by atoms with Gasteiger partial charge in [-0.15, -0.1) is 0 Å². The maximum atomic E-state index is 12.6. The highest BCUT2D eigenvalue weighted by molar-refractivity contribution is 7.89. The Bertz CT molecular complexity index is 879. The minimum absolute atomic E-state index is 0.103. The van der Waals surface area contributed by atoms with Crippen LogP contribution in [0.3, 0.4) is 0 Å². The van der Waals surface area contributed by atoms with E-state index in [1.807, 2.05) is 37.3 Å². The lowest BCUT2D eigenvalue weighted by Crippen LogP contribution is -2.33. The molecule has 2 aromatic rings. The van der Waals surface area contributed by atoms with E-state index in [1.54, 1.807) is 19.1 Å². The third-order valence-corrected chi connectivity index (χ3v) is 6.10. The molecule has 0 bridgehead atoms. The Morgan fingerprint density at radius 1 is 1.16 bits per heavy atom. The number of hydrogen-bond acceptors (Lipinski definition) is 3. The first-order chi connectivity index (χ1) is 11.9. The van der Waals surface area contributed by atoms with Crippen molar-refractivity contribution in [1.82, 2.24) is 4.72 Å². The summed E-state index contributed by atoms with van der Waals surface area (Å²) in [6.07, 6.45) is 1.52. The summed E-state index contributed by atoms with van der Waals surface area (Å²) in [6, 6.07) is 14.6. The van der Waals surface area contributed by atoms with Crippen LogP contribution in [0.4, 0.5) is 5.69 Å². The number of carbonyl (C=O) groups excluding carboxylic acids is 1. The molecule has 1 aliphatic heterocycles. The van der Waals surface area contributed by atoms with Gasteiger partial charge < -0.3 is 5.32 Å². The number of sulfonamides is 1. The summed E-state index contributed by atoms with van der Waals surface area (Å²) >= 11 is 0. The molecular formula is C19H22N2O3S. The summed E-state index contributed by atoms with van der Waals surface area (Å²) in [6.45, 7) is 3.63. The Kier molecular flexibility index (Phi) is 4.92. The summed E-state index contributed by atoms with van der Waals surface area (Å²) in [5.41, 5.74) is 2.60. The van der Waals surface area contributed by atoms with E-state index >= 15 is 0 Å². The molecule has 2 atom stereocenters. The minimum atomic E-state index is -3.62. The lowest BCUT2D eigenvalue weighted by molar-refractivity contribution is -0.116. The second-order valence-corrected chi connectivity index (χ2v) is 8.22. The van der Waals surface area contributed by atoms with Crippen molar-refractivity contribution in [2.75, 3.05) is 5.32 Å². The number of aryl methyl sites for hydroxylation is 1. The first-order valence-electron chi connectivity index (χ1n) is 8.38. The summed E-state index contributed by atoms with van der Waals surface area (Å²) in [5.74, 6) is -0.436. The molecule has 0 unspecified atom stereocenters. The molecule has 25 heavy (non-hydrogen) atoms. The third kappa shape index (κ3) is 3.91. The zero-order chi connectivity index (χ0) is 18.0. The number of fused-ring (bicyclic) bond motifs is 1. The summed E-state index contributed by atoms with van der Waals surface area (Å²) in [4.78, 5) is 11.9. The zero-order valence-corrected chi connectivity index (χ0v) is 15.1. The highest BCUT2D eigenvalue weighted by Gasteiger charge is 2.28. The van der Waals surface area contributed by atoms with Crippen molar-refractivity contribution >= 4 is 21.6 Å². The first kappa shape index (κ1) is 17.6. The quantitative estimate of drug-likeness (QED) is 0.833. The topological polar surface area (TPSA) is 75.3 Å². The van der Waals surface area contributed by atoms with Crippen LogP contribution in [0.1, 0.15) is 37.3 Å². The molecule has 3 rings (SSSR count). The second-order valence-electron chi connectivity index (χ2n) is 6.51. The fourth-order valence-electron chi connectivity index (χ4n) is 2.98. The molecule has 0 saturated carbocycles. The summed E-state index contributed by atoms with van der Waals surface area (Å²) < 4.78 is 28.0. The molecule has 0 aromatic heterocycles. The van der Waals surface area contributed by atoms with E-state index in [9.17, 15) is 13.2 Å². The van der Waals surface area contributed by atoms with E-state index in [0.29, 0.717) is 12.1 Å². The third-order valence-electron chi connectivity index (χ3n) is 4.52. The van der Waals surface area contributed by atoms with Gasteiger partial charge in [0.25, 0.3) is 0 Å². The van der Waals surface area contributed by atoms with Gasteiger partial charge in [-0.1, -0.05) is 30.3 Å². The Hall–Kier alpha value is -2.18.